The van der Waals surface area contributed by atoms with E-state index in [1.165, 1.54) is 11.1 Å². The van der Waals surface area contributed by atoms with Crippen molar-refractivity contribution < 1.29 is 9.59 Å². The summed E-state index contributed by atoms with van der Waals surface area (Å²) in [6.45, 7) is 12.9. The lowest BCUT2D eigenvalue weighted by Gasteiger charge is -2.45. The summed E-state index contributed by atoms with van der Waals surface area (Å²) in [5.74, 6) is 0.474. The summed E-state index contributed by atoms with van der Waals surface area (Å²) in [7, 11) is 0. The molecule has 0 saturated heterocycles. The lowest BCUT2D eigenvalue weighted by atomic mass is 9.57. The van der Waals surface area contributed by atoms with Crippen molar-refractivity contribution in [1.82, 2.24) is 20.4 Å². The Balaban J connectivity index is 0.000000162. The minimum Gasteiger partial charge on any atom is -0.294 e. The molecule has 2 atom stereocenters. The van der Waals surface area contributed by atoms with Gasteiger partial charge in [0.05, 0.1) is 23.2 Å². The number of fused-ring (bicyclic) bond motifs is 2. The van der Waals surface area contributed by atoms with Crippen LogP contribution in [0.5, 0.6) is 0 Å². The second-order valence-corrected chi connectivity index (χ2v) is 18.3. The van der Waals surface area contributed by atoms with Gasteiger partial charge in [-0.05, 0) is 84.0 Å². The smallest absolute Gasteiger partial charge is 0.160 e. The Morgan fingerprint density at radius 1 is 0.577 bits per heavy atom. The van der Waals surface area contributed by atoms with E-state index in [1.54, 1.807) is 12.1 Å². The average molecular weight is 779 g/mol. The molecule has 0 radical (unpaired) electrons. The number of hydrogen-bond acceptors (Lipinski definition) is 4. The normalized spacial score (nSPS) is 24.4. The molecule has 272 valence electrons. The van der Waals surface area contributed by atoms with Gasteiger partial charge in [-0.3, -0.25) is 19.8 Å². The van der Waals surface area contributed by atoms with E-state index in [2.05, 4.69) is 61.9 Å². The van der Waals surface area contributed by atoms with Crippen molar-refractivity contribution in [3.8, 4) is 0 Å². The van der Waals surface area contributed by atoms with Gasteiger partial charge in [0.1, 0.15) is 0 Å². The summed E-state index contributed by atoms with van der Waals surface area (Å²) >= 11 is 25.3. The summed E-state index contributed by atoms with van der Waals surface area (Å²) in [4.78, 5) is 26.7. The van der Waals surface area contributed by atoms with Crippen molar-refractivity contribution in [1.29, 1.82) is 0 Å². The molecule has 2 N–H and O–H groups in total. The van der Waals surface area contributed by atoms with E-state index in [9.17, 15) is 9.59 Å². The maximum absolute atomic E-state index is 13.3. The van der Waals surface area contributed by atoms with Gasteiger partial charge in [-0.15, -0.1) is 0 Å². The Bertz CT molecular complexity index is 2000. The van der Waals surface area contributed by atoms with Crippen molar-refractivity contribution in [3.63, 3.8) is 0 Å². The number of halogens is 4. The van der Waals surface area contributed by atoms with E-state index in [1.807, 2.05) is 36.7 Å². The fourth-order valence-electron chi connectivity index (χ4n) is 9.95. The number of Topliss-reactive ketones (excluding diaryl/α,β-unsaturated/α-hetero) is 2. The molecule has 0 amide bonds. The number of hydrogen-bond donors (Lipinski definition) is 2. The average Bonchev–Trinajstić information content (AvgIpc) is 3.71. The summed E-state index contributed by atoms with van der Waals surface area (Å²) in [5, 5.41) is 17.3. The molecule has 10 heteroatoms. The van der Waals surface area contributed by atoms with Crippen LogP contribution >= 0.6 is 46.4 Å². The van der Waals surface area contributed by atoms with Crippen LogP contribution in [0.3, 0.4) is 0 Å². The van der Waals surface area contributed by atoms with Gasteiger partial charge in [-0.25, -0.2) is 0 Å². The minimum absolute atomic E-state index is 0.0150. The van der Waals surface area contributed by atoms with Crippen LogP contribution in [0.1, 0.15) is 114 Å². The van der Waals surface area contributed by atoms with Crippen molar-refractivity contribution in [3.05, 3.63) is 125 Å². The summed E-state index contributed by atoms with van der Waals surface area (Å²) in [5.41, 5.74) is 9.48. The zero-order valence-electron chi connectivity index (χ0n) is 30.5. The van der Waals surface area contributed by atoms with Crippen LogP contribution in [-0.4, -0.2) is 32.0 Å². The molecule has 4 aliphatic carbocycles. The third kappa shape index (κ3) is 6.12. The van der Waals surface area contributed by atoms with E-state index >= 15 is 0 Å². The van der Waals surface area contributed by atoms with Crippen LogP contribution in [-0.2, 0) is 33.3 Å². The van der Waals surface area contributed by atoms with E-state index in [4.69, 9.17) is 46.4 Å². The predicted molar refractivity (Wildman–Crippen MR) is 210 cm³/mol. The number of carbonyl (C=O) groups excluding carboxylic acids is 2. The molecular formula is C42H44Cl4N4O2. The quantitative estimate of drug-likeness (QED) is 0.216. The number of ketones is 2. The molecule has 0 spiro atoms. The molecule has 52 heavy (non-hydrogen) atoms. The fourth-order valence-corrected chi connectivity index (χ4v) is 11.0. The van der Waals surface area contributed by atoms with Crippen LogP contribution < -0.4 is 0 Å². The van der Waals surface area contributed by atoms with Crippen LogP contribution in [0.2, 0.25) is 20.1 Å². The van der Waals surface area contributed by atoms with Gasteiger partial charge in [0.25, 0.3) is 0 Å². The molecule has 0 unspecified atom stereocenters. The van der Waals surface area contributed by atoms with Gasteiger partial charge in [-0.1, -0.05) is 99.1 Å². The number of aromatic nitrogens is 4. The SMILES string of the molecule is CC[C@@]1(c2cc(Cl)cc(Cl)c2)C2=C(Cc3[nH]ncc31)CC(C)(C)CC2=O.CC[C@]1(c2cc(Cl)cc(Cl)c2)C2=C(Cc3[nH]ncc31)CC(C)(C)CC2=O. The Hall–Kier alpha value is -3.16. The molecule has 0 bridgehead atoms. The Kier molecular flexibility index (Phi) is 9.51. The third-order valence-corrected chi connectivity index (χ3v) is 12.6. The van der Waals surface area contributed by atoms with E-state index < -0.39 is 10.8 Å². The number of carbonyl (C=O) groups is 2. The number of rotatable bonds is 4. The number of nitrogens with zero attached hydrogens (tertiary/aromatic N) is 2. The lowest BCUT2D eigenvalue weighted by molar-refractivity contribution is -0.119. The van der Waals surface area contributed by atoms with Gasteiger partial charge >= 0.3 is 0 Å². The van der Waals surface area contributed by atoms with Crippen LogP contribution in [0, 0.1) is 10.8 Å². The molecule has 4 aliphatic rings. The predicted octanol–water partition coefficient (Wildman–Crippen LogP) is 11.3. The zero-order valence-corrected chi connectivity index (χ0v) is 33.5. The van der Waals surface area contributed by atoms with Gasteiger partial charge in [0.15, 0.2) is 11.6 Å². The highest BCUT2D eigenvalue weighted by Crippen LogP contribution is 2.56. The monoisotopic (exact) mass is 776 g/mol. The number of nitrogens with one attached hydrogen (secondary N) is 2. The molecular weight excluding hydrogens is 734 g/mol. The van der Waals surface area contributed by atoms with Crippen molar-refractivity contribution in [2.45, 2.75) is 104 Å². The van der Waals surface area contributed by atoms with Crippen molar-refractivity contribution >= 4 is 58.0 Å². The summed E-state index contributed by atoms with van der Waals surface area (Å²) < 4.78 is 0. The van der Waals surface area contributed by atoms with Crippen molar-refractivity contribution in [2.24, 2.45) is 10.8 Å². The highest BCUT2D eigenvalue weighted by atomic mass is 35.5. The summed E-state index contributed by atoms with van der Waals surface area (Å²) in [6.07, 6.45) is 9.72. The number of aromatic amines is 2. The maximum atomic E-state index is 13.3. The molecule has 2 heterocycles. The maximum Gasteiger partial charge on any atom is 0.160 e. The first-order chi connectivity index (χ1) is 24.5. The minimum atomic E-state index is -0.544. The molecule has 0 aliphatic heterocycles. The Morgan fingerprint density at radius 2 is 0.923 bits per heavy atom. The van der Waals surface area contributed by atoms with Crippen LogP contribution in [0.15, 0.2) is 71.1 Å². The highest BCUT2D eigenvalue weighted by molar-refractivity contribution is 6.35. The van der Waals surface area contributed by atoms with Gasteiger partial charge in [-0.2, -0.15) is 10.2 Å². The van der Waals surface area contributed by atoms with Crippen LogP contribution in [0.25, 0.3) is 0 Å². The summed E-state index contributed by atoms with van der Waals surface area (Å²) in [6, 6.07) is 11.2. The van der Waals surface area contributed by atoms with Crippen LogP contribution in [0.4, 0.5) is 0 Å². The first-order valence-corrected chi connectivity index (χ1v) is 19.5. The Morgan fingerprint density at radius 3 is 1.25 bits per heavy atom. The third-order valence-electron chi connectivity index (χ3n) is 11.7. The molecule has 8 rings (SSSR count). The number of H-pyrrole nitrogens is 2. The topological polar surface area (TPSA) is 91.5 Å². The molecule has 2 aromatic heterocycles. The Labute approximate surface area is 325 Å². The highest BCUT2D eigenvalue weighted by Gasteiger charge is 2.51. The molecule has 6 nitrogen and oxygen atoms in total. The fraction of sp³-hybridized carbons (Fsp3) is 0.429. The van der Waals surface area contributed by atoms with Gasteiger partial charge < -0.3 is 0 Å². The first kappa shape index (κ1) is 37.2. The molecule has 0 fully saturated rings. The molecule has 2 aromatic carbocycles. The molecule has 4 aromatic rings. The second-order valence-electron chi connectivity index (χ2n) is 16.6. The lowest BCUT2D eigenvalue weighted by Crippen LogP contribution is -2.42. The van der Waals surface area contributed by atoms with E-state index in [0.717, 1.165) is 83.3 Å². The zero-order chi connectivity index (χ0) is 37.4. The van der Waals surface area contributed by atoms with Crippen molar-refractivity contribution in [2.75, 3.05) is 0 Å². The van der Waals surface area contributed by atoms with Gasteiger partial charge in [0, 0.05) is 79.4 Å². The number of allylic oxidation sites excluding steroid dienone is 4. The molecule has 0 saturated carbocycles. The second kappa shape index (κ2) is 13.3. The van der Waals surface area contributed by atoms with E-state index in [0.29, 0.717) is 32.9 Å². The number of benzene rings is 2. The standard InChI is InChI=1S/2C21H22Cl2N2O/c2*1-4-21(13-6-14(22)8-15(23)7-13)16-11-24-25-17(16)5-12-9-20(2,3)10-18(26)19(12)21/h2*6-8,11H,4-5,9-10H2,1-3H3,(H,24,25)/t2*21-/m10/s1. The largest absolute Gasteiger partial charge is 0.294 e. The first-order valence-electron chi connectivity index (χ1n) is 18.0. The van der Waals surface area contributed by atoms with Gasteiger partial charge in [0.2, 0.25) is 0 Å². The van der Waals surface area contributed by atoms with E-state index in [-0.39, 0.29) is 22.4 Å².